The summed E-state index contributed by atoms with van der Waals surface area (Å²) in [4.78, 5) is 12.0. The fourth-order valence-corrected chi connectivity index (χ4v) is 3.58. The quantitative estimate of drug-likeness (QED) is 0.351. The van der Waals surface area contributed by atoms with Crippen LogP contribution < -0.4 is 4.74 Å². The van der Waals surface area contributed by atoms with Crippen LogP contribution in [0.5, 0.6) is 5.75 Å². The van der Waals surface area contributed by atoms with Gasteiger partial charge in [0.2, 0.25) is 0 Å². The van der Waals surface area contributed by atoms with E-state index in [4.69, 9.17) is 4.74 Å². The van der Waals surface area contributed by atoms with Crippen molar-refractivity contribution in [2.24, 2.45) is 7.05 Å². The number of methoxy groups -OCH3 is 1. The van der Waals surface area contributed by atoms with Gasteiger partial charge in [-0.3, -0.25) is 4.68 Å². The van der Waals surface area contributed by atoms with E-state index in [2.05, 4.69) is 36.1 Å². The van der Waals surface area contributed by atoms with Crippen LogP contribution >= 0.6 is 15.9 Å². The van der Waals surface area contributed by atoms with E-state index >= 15 is 0 Å². The van der Waals surface area contributed by atoms with Crippen molar-refractivity contribution in [3.8, 4) is 34.0 Å². The van der Waals surface area contributed by atoms with Crippen molar-refractivity contribution >= 4 is 21.9 Å². The summed E-state index contributed by atoms with van der Waals surface area (Å²) < 4.78 is 49.8. The van der Waals surface area contributed by atoms with Gasteiger partial charge in [0.25, 0.3) is 0 Å². The van der Waals surface area contributed by atoms with Crippen LogP contribution in [0.4, 0.5) is 13.2 Å². The minimum atomic E-state index is -4.78. The molecule has 0 saturated carbocycles. The molecule has 0 atom stereocenters. The zero-order chi connectivity index (χ0) is 23.8. The topological polar surface area (TPSA) is 84.1 Å². The second-order valence-corrected chi connectivity index (χ2v) is 7.71. The van der Waals surface area contributed by atoms with Crippen molar-refractivity contribution in [3.05, 3.63) is 64.9 Å². The molecule has 0 spiro atoms. The largest absolute Gasteiger partial charge is 0.573 e. The Kier molecular flexibility index (Phi) is 5.93. The van der Waals surface area contributed by atoms with Gasteiger partial charge in [-0.1, -0.05) is 21.1 Å². The Morgan fingerprint density at radius 3 is 2.48 bits per heavy atom. The van der Waals surface area contributed by atoms with Crippen molar-refractivity contribution < 1.29 is 27.4 Å². The summed E-state index contributed by atoms with van der Waals surface area (Å²) in [6.07, 6.45) is -3.29. The third-order valence-corrected chi connectivity index (χ3v) is 5.16. The van der Waals surface area contributed by atoms with Gasteiger partial charge in [-0.15, -0.1) is 18.3 Å². The van der Waals surface area contributed by atoms with Crippen molar-refractivity contribution in [2.75, 3.05) is 7.11 Å². The minimum Gasteiger partial charge on any atom is -0.464 e. The summed E-state index contributed by atoms with van der Waals surface area (Å²) in [6.45, 7) is 0. The van der Waals surface area contributed by atoms with Crippen LogP contribution in [0, 0.1) is 0 Å². The van der Waals surface area contributed by atoms with Gasteiger partial charge in [-0.05, 0) is 48.5 Å². The lowest BCUT2D eigenvalue weighted by Crippen LogP contribution is -2.16. The lowest BCUT2D eigenvalue weighted by atomic mass is 10.1. The fraction of sp³-hybridized carbons (Fsp3) is 0.143. The summed E-state index contributed by atoms with van der Waals surface area (Å²) in [5.41, 5.74) is 3.08. The van der Waals surface area contributed by atoms with Gasteiger partial charge < -0.3 is 9.47 Å². The molecular formula is C21H15BrF3N5O3. The number of aryl methyl sites for hydroxylation is 1. The Hall–Kier alpha value is -3.67. The number of ether oxygens (including phenoxy) is 2. The van der Waals surface area contributed by atoms with E-state index in [1.54, 1.807) is 25.2 Å². The zero-order valence-corrected chi connectivity index (χ0v) is 18.8. The SMILES string of the molecule is COC(=O)c1cc(-c2ccc(Br)cc2-n2nncc2-c2ccc(OC(F)(F)F)cc2)nn1C. The van der Waals surface area contributed by atoms with E-state index in [1.165, 1.54) is 46.9 Å². The molecule has 0 aliphatic heterocycles. The number of hydrogen-bond acceptors (Lipinski definition) is 6. The molecule has 2 aromatic heterocycles. The number of hydrogen-bond donors (Lipinski definition) is 0. The lowest BCUT2D eigenvalue weighted by Gasteiger charge is -2.12. The standard InChI is InChI=1S/C21H15BrF3N5O3/c1-29-18(20(31)32-2)10-16(27-29)15-8-5-13(22)9-17(15)30-19(11-26-28-30)12-3-6-14(7-4-12)33-21(23,24)25/h3-11H,1-2H3. The van der Waals surface area contributed by atoms with Crippen LogP contribution in [0.3, 0.4) is 0 Å². The smallest absolute Gasteiger partial charge is 0.464 e. The predicted octanol–water partition coefficient (Wildman–Crippen LogP) is 4.78. The highest BCUT2D eigenvalue weighted by molar-refractivity contribution is 9.10. The molecule has 8 nitrogen and oxygen atoms in total. The van der Waals surface area contributed by atoms with E-state index in [1.807, 2.05) is 6.07 Å². The molecule has 0 amide bonds. The Balaban J connectivity index is 1.78. The highest BCUT2D eigenvalue weighted by Crippen LogP contribution is 2.33. The van der Waals surface area contributed by atoms with E-state index in [0.717, 1.165) is 4.47 Å². The second kappa shape index (κ2) is 8.70. The third kappa shape index (κ3) is 4.75. The van der Waals surface area contributed by atoms with Crippen LogP contribution in [0.2, 0.25) is 0 Å². The van der Waals surface area contributed by atoms with Crippen molar-refractivity contribution in [1.82, 2.24) is 24.8 Å². The molecule has 0 bridgehead atoms. The number of nitrogens with zero attached hydrogens (tertiary/aromatic N) is 5. The van der Waals surface area contributed by atoms with Crippen molar-refractivity contribution in [1.29, 1.82) is 0 Å². The lowest BCUT2D eigenvalue weighted by molar-refractivity contribution is -0.274. The third-order valence-electron chi connectivity index (χ3n) is 4.67. The van der Waals surface area contributed by atoms with E-state index in [0.29, 0.717) is 28.2 Å². The first kappa shape index (κ1) is 22.5. The number of aromatic nitrogens is 5. The molecule has 4 aromatic rings. The number of esters is 1. The summed E-state index contributed by atoms with van der Waals surface area (Å²) in [5, 5.41) is 12.5. The first-order valence-electron chi connectivity index (χ1n) is 9.36. The van der Waals surface area contributed by atoms with Crippen LogP contribution in [-0.4, -0.2) is 44.2 Å². The Bertz CT molecular complexity index is 1320. The van der Waals surface area contributed by atoms with Gasteiger partial charge in [0.05, 0.1) is 30.4 Å². The molecule has 2 aromatic carbocycles. The van der Waals surface area contributed by atoms with Crippen LogP contribution in [-0.2, 0) is 11.8 Å². The van der Waals surface area contributed by atoms with Crippen molar-refractivity contribution in [3.63, 3.8) is 0 Å². The molecule has 0 aliphatic carbocycles. The molecule has 0 aliphatic rings. The minimum absolute atomic E-state index is 0.264. The van der Waals surface area contributed by atoms with Gasteiger partial charge >= 0.3 is 12.3 Å². The first-order chi connectivity index (χ1) is 15.7. The van der Waals surface area contributed by atoms with Crippen LogP contribution in [0.1, 0.15) is 10.5 Å². The Labute approximate surface area is 193 Å². The summed E-state index contributed by atoms with van der Waals surface area (Å²) >= 11 is 3.44. The molecule has 4 rings (SSSR count). The normalized spacial score (nSPS) is 11.5. The number of rotatable bonds is 5. The highest BCUT2D eigenvalue weighted by Gasteiger charge is 2.31. The van der Waals surface area contributed by atoms with Crippen LogP contribution in [0.15, 0.2) is 59.2 Å². The number of alkyl halides is 3. The molecule has 12 heteroatoms. The molecule has 33 heavy (non-hydrogen) atoms. The van der Waals surface area contributed by atoms with Gasteiger partial charge in [0.1, 0.15) is 11.4 Å². The van der Waals surface area contributed by atoms with Gasteiger partial charge in [0, 0.05) is 22.6 Å². The molecule has 0 unspecified atom stereocenters. The first-order valence-corrected chi connectivity index (χ1v) is 10.1. The Morgan fingerprint density at radius 2 is 1.82 bits per heavy atom. The second-order valence-electron chi connectivity index (χ2n) is 6.79. The van der Waals surface area contributed by atoms with E-state index in [-0.39, 0.29) is 11.4 Å². The maximum absolute atomic E-state index is 12.5. The molecule has 2 heterocycles. The van der Waals surface area contributed by atoms with Gasteiger partial charge in [-0.25, -0.2) is 9.48 Å². The summed E-state index contributed by atoms with van der Waals surface area (Å²) in [5.74, 6) is -0.866. The van der Waals surface area contributed by atoms with E-state index < -0.39 is 12.3 Å². The highest BCUT2D eigenvalue weighted by atomic mass is 79.9. The maximum Gasteiger partial charge on any atom is 0.573 e. The maximum atomic E-state index is 12.5. The molecule has 0 fully saturated rings. The van der Waals surface area contributed by atoms with Gasteiger partial charge in [0.15, 0.2) is 0 Å². The number of carbonyl (C=O) groups is 1. The molecule has 0 radical (unpaired) electrons. The van der Waals surface area contributed by atoms with Crippen LogP contribution in [0.25, 0.3) is 28.2 Å². The molecule has 0 saturated heterocycles. The monoisotopic (exact) mass is 521 g/mol. The average molecular weight is 522 g/mol. The number of halogens is 4. The van der Waals surface area contributed by atoms with E-state index in [9.17, 15) is 18.0 Å². The molecule has 0 N–H and O–H groups in total. The predicted molar refractivity (Wildman–Crippen MR) is 115 cm³/mol. The summed E-state index contributed by atoms with van der Waals surface area (Å²) in [6, 6.07) is 12.4. The summed E-state index contributed by atoms with van der Waals surface area (Å²) in [7, 11) is 2.91. The molecule has 170 valence electrons. The Morgan fingerprint density at radius 1 is 1.09 bits per heavy atom. The number of benzene rings is 2. The molecular weight excluding hydrogens is 507 g/mol. The zero-order valence-electron chi connectivity index (χ0n) is 17.2. The fourth-order valence-electron chi connectivity index (χ4n) is 3.23. The van der Waals surface area contributed by atoms with Gasteiger partial charge in [-0.2, -0.15) is 5.10 Å². The average Bonchev–Trinajstić information content (AvgIpc) is 3.39. The number of carbonyl (C=O) groups excluding carboxylic acids is 1. The van der Waals surface area contributed by atoms with Crippen molar-refractivity contribution in [2.45, 2.75) is 6.36 Å².